The van der Waals surface area contributed by atoms with Crippen LogP contribution in [0.25, 0.3) is 33.1 Å². The van der Waals surface area contributed by atoms with Crippen molar-refractivity contribution in [2.75, 3.05) is 5.73 Å². The van der Waals surface area contributed by atoms with Crippen molar-refractivity contribution < 1.29 is 0 Å². The maximum Gasteiger partial charge on any atom is 0.164 e. The average Bonchev–Trinajstić information content (AvgIpc) is 3.16. The second kappa shape index (κ2) is 6.87. The Labute approximate surface area is 168 Å². The molecule has 5 aromatic rings. The molecule has 0 spiro atoms. The van der Waals surface area contributed by atoms with Gasteiger partial charge in [0.1, 0.15) is 17.8 Å². The first kappa shape index (κ1) is 17.1. The first-order valence-corrected chi connectivity index (χ1v) is 9.41. The highest BCUT2D eigenvalue weighted by molar-refractivity contribution is 6.00. The molecule has 5 rings (SSSR count). The number of nitrogen functional groups attached to an aromatic ring is 1. The lowest BCUT2D eigenvalue weighted by Crippen LogP contribution is -2.10. The molecular formula is C24H19N5. The molecule has 0 fully saturated rings. The molecule has 29 heavy (non-hydrogen) atoms. The van der Waals surface area contributed by atoms with E-state index in [1.54, 1.807) is 0 Å². The second-order valence-corrected chi connectivity index (χ2v) is 6.90. The number of hydrogen-bond donors (Lipinski definition) is 1. The van der Waals surface area contributed by atoms with Crippen molar-refractivity contribution in [1.82, 2.24) is 19.7 Å². The standard InChI is InChI=1S/C24H19N5/c1-2-20(17-9-4-3-5-10-17)29-24-21(23(25)26-15-27-24)22(28-29)19-13-12-16-8-6-7-11-18(16)14-19/h2-15,20H,1H2,(H2,25,26,27). The number of nitrogens with zero attached hydrogens (tertiary/aromatic N) is 4. The minimum absolute atomic E-state index is 0.165. The van der Waals surface area contributed by atoms with Gasteiger partial charge in [-0.3, -0.25) is 0 Å². The molecule has 1 atom stereocenters. The summed E-state index contributed by atoms with van der Waals surface area (Å²) in [6.45, 7) is 4.03. The van der Waals surface area contributed by atoms with Crippen LogP contribution in [0.3, 0.4) is 0 Å². The maximum atomic E-state index is 6.27. The lowest BCUT2D eigenvalue weighted by Gasteiger charge is -2.14. The Hall–Kier alpha value is -3.99. The van der Waals surface area contributed by atoms with Gasteiger partial charge in [0.15, 0.2) is 5.65 Å². The zero-order valence-corrected chi connectivity index (χ0v) is 15.7. The van der Waals surface area contributed by atoms with E-state index in [1.165, 1.54) is 11.7 Å². The van der Waals surface area contributed by atoms with Gasteiger partial charge in [-0.25, -0.2) is 14.6 Å². The zero-order valence-electron chi connectivity index (χ0n) is 15.7. The van der Waals surface area contributed by atoms with E-state index in [0.717, 1.165) is 27.6 Å². The molecular weight excluding hydrogens is 358 g/mol. The largest absolute Gasteiger partial charge is 0.383 e. The number of benzene rings is 3. The molecule has 0 radical (unpaired) electrons. The van der Waals surface area contributed by atoms with E-state index >= 15 is 0 Å². The summed E-state index contributed by atoms with van der Waals surface area (Å²) in [5, 5.41) is 8.02. The zero-order chi connectivity index (χ0) is 19.8. The van der Waals surface area contributed by atoms with Crippen molar-refractivity contribution in [1.29, 1.82) is 0 Å². The van der Waals surface area contributed by atoms with Crippen LogP contribution in [0, 0.1) is 0 Å². The van der Waals surface area contributed by atoms with Gasteiger partial charge in [0.05, 0.1) is 11.4 Å². The van der Waals surface area contributed by atoms with Crippen LogP contribution < -0.4 is 5.73 Å². The molecule has 2 N–H and O–H groups in total. The highest BCUT2D eigenvalue weighted by Crippen LogP contribution is 2.34. The van der Waals surface area contributed by atoms with Crippen molar-refractivity contribution in [3.8, 4) is 11.3 Å². The monoisotopic (exact) mass is 377 g/mol. The van der Waals surface area contributed by atoms with E-state index < -0.39 is 0 Å². The van der Waals surface area contributed by atoms with Crippen molar-refractivity contribution in [3.63, 3.8) is 0 Å². The fourth-order valence-corrected chi connectivity index (χ4v) is 3.76. The molecule has 5 nitrogen and oxygen atoms in total. The highest BCUT2D eigenvalue weighted by Gasteiger charge is 2.21. The number of anilines is 1. The SMILES string of the molecule is C=CC(c1ccccc1)n1nc(-c2ccc3ccccc3c2)c2c(N)ncnc21. The predicted octanol–water partition coefficient (Wildman–Crippen LogP) is 5.00. The minimum Gasteiger partial charge on any atom is -0.383 e. The molecule has 5 heteroatoms. The van der Waals surface area contributed by atoms with Gasteiger partial charge in [-0.2, -0.15) is 5.10 Å². The Morgan fingerprint density at radius 2 is 1.66 bits per heavy atom. The van der Waals surface area contributed by atoms with Crippen LogP contribution in [-0.4, -0.2) is 19.7 Å². The molecule has 2 heterocycles. The molecule has 140 valence electrons. The molecule has 2 aromatic heterocycles. The third kappa shape index (κ3) is 2.84. The van der Waals surface area contributed by atoms with Gasteiger partial charge in [-0.05, 0) is 22.4 Å². The summed E-state index contributed by atoms with van der Waals surface area (Å²) in [5.41, 5.74) is 9.78. The fraction of sp³-hybridized carbons (Fsp3) is 0.0417. The predicted molar refractivity (Wildman–Crippen MR) is 117 cm³/mol. The van der Waals surface area contributed by atoms with Crippen LogP contribution in [0.1, 0.15) is 11.6 Å². The van der Waals surface area contributed by atoms with E-state index in [4.69, 9.17) is 10.8 Å². The van der Waals surface area contributed by atoms with Gasteiger partial charge in [-0.1, -0.05) is 72.8 Å². The van der Waals surface area contributed by atoms with Gasteiger partial charge in [0.2, 0.25) is 0 Å². The third-order valence-corrected chi connectivity index (χ3v) is 5.17. The summed E-state index contributed by atoms with van der Waals surface area (Å²) in [5.74, 6) is 0.417. The molecule has 3 aromatic carbocycles. The normalized spacial score (nSPS) is 12.3. The lowest BCUT2D eigenvalue weighted by atomic mass is 10.0. The summed E-state index contributed by atoms with van der Waals surface area (Å²) in [7, 11) is 0. The Bertz CT molecular complexity index is 1340. The number of nitrogens with two attached hydrogens (primary N) is 1. The molecule has 0 saturated carbocycles. The van der Waals surface area contributed by atoms with Gasteiger partial charge in [0.25, 0.3) is 0 Å². The number of aromatic nitrogens is 4. The molecule has 0 bridgehead atoms. The first-order valence-electron chi connectivity index (χ1n) is 9.41. The van der Waals surface area contributed by atoms with Crippen LogP contribution in [0.15, 0.2) is 91.8 Å². The van der Waals surface area contributed by atoms with Crippen LogP contribution in [0.4, 0.5) is 5.82 Å². The maximum absolute atomic E-state index is 6.27. The van der Waals surface area contributed by atoms with Gasteiger partial charge in [0, 0.05) is 5.56 Å². The number of rotatable bonds is 4. The smallest absolute Gasteiger partial charge is 0.164 e. The Morgan fingerprint density at radius 1 is 0.897 bits per heavy atom. The summed E-state index contributed by atoms with van der Waals surface area (Å²) in [4.78, 5) is 8.72. The number of allylic oxidation sites excluding steroid dienone is 1. The number of fused-ring (bicyclic) bond motifs is 2. The molecule has 0 saturated heterocycles. The van der Waals surface area contributed by atoms with Crippen molar-refractivity contribution >= 4 is 27.6 Å². The summed E-state index contributed by atoms with van der Waals surface area (Å²) in [6, 6.07) is 24.5. The second-order valence-electron chi connectivity index (χ2n) is 6.90. The van der Waals surface area contributed by atoms with Gasteiger partial charge < -0.3 is 5.73 Å². The fourth-order valence-electron chi connectivity index (χ4n) is 3.76. The van der Waals surface area contributed by atoms with Gasteiger partial charge in [-0.15, -0.1) is 6.58 Å². The summed E-state index contributed by atoms with van der Waals surface area (Å²) >= 11 is 0. The molecule has 0 aliphatic carbocycles. The van der Waals surface area contributed by atoms with E-state index in [-0.39, 0.29) is 6.04 Å². The lowest BCUT2D eigenvalue weighted by molar-refractivity contribution is 0.630. The quantitative estimate of drug-likeness (QED) is 0.447. The highest BCUT2D eigenvalue weighted by atomic mass is 15.3. The Balaban J connectivity index is 1.77. The molecule has 1 unspecified atom stereocenters. The van der Waals surface area contributed by atoms with Crippen LogP contribution in [0.2, 0.25) is 0 Å². The number of hydrogen-bond acceptors (Lipinski definition) is 4. The van der Waals surface area contributed by atoms with Gasteiger partial charge >= 0.3 is 0 Å². The third-order valence-electron chi connectivity index (χ3n) is 5.17. The van der Waals surface area contributed by atoms with E-state index in [1.807, 2.05) is 41.1 Å². The Kier molecular flexibility index (Phi) is 4.06. The van der Waals surface area contributed by atoms with E-state index in [2.05, 4.69) is 59.0 Å². The summed E-state index contributed by atoms with van der Waals surface area (Å²) < 4.78 is 1.88. The first-order chi connectivity index (χ1) is 14.3. The summed E-state index contributed by atoms with van der Waals surface area (Å²) in [6.07, 6.45) is 3.34. The minimum atomic E-state index is -0.165. The van der Waals surface area contributed by atoms with Crippen molar-refractivity contribution in [2.24, 2.45) is 0 Å². The topological polar surface area (TPSA) is 69.6 Å². The van der Waals surface area contributed by atoms with Crippen LogP contribution in [0.5, 0.6) is 0 Å². The van der Waals surface area contributed by atoms with Crippen LogP contribution >= 0.6 is 0 Å². The molecule has 0 aliphatic heterocycles. The Morgan fingerprint density at radius 3 is 2.45 bits per heavy atom. The van der Waals surface area contributed by atoms with Crippen molar-refractivity contribution in [3.05, 3.63) is 97.3 Å². The average molecular weight is 377 g/mol. The molecule has 0 aliphatic rings. The van der Waals surface area contributed by atoms with Crippen molar-refractivity contribution in [2.45, 2.75) is 6.04 Å². The van der Waals surface area contributed by atoms with E-state index in [9.17, 15) is 0 Å². The molecule has 0 amide bonds. The van der Waals surface area contributed by atoms with E-state index in [0.29, 0.717) is 11.5 Å². The van der Waals surface area contributed by atoms with Crippen LogP contribution in [-0.2, 0) is 0 Å².